The lowest BCUT2D eigenvalue weighted by molar-refractivity contribution is -0.133. The van der Waals surface area contributed by atoms with Crippen LogP contribution in [0.5, 0.6) is 0 Å². The fourth-order valence-corrected chi connectivity index (χ4v) is 2.97. The second-order valence-electron chi connectivity index (χ2n) is 6.92. The molecule has 152 valence electrons. The zero-order valence-electron chi connectivity index (χ0n) is 16.6. The largest absolute Gasteiger partial charge is 0.370 e. The topological polar surface area (TPSA) is 81.7 Å². The van der Waals surface area contributed by atoms with Crippen molar-refractivity contribution in [2.45, 2.75) is 39.2 Å². The van der Waals surface area contributed by atoms with Gasteiger partial charge in [-0.25, -0.2) is 4.98 Å². The first kappa shape index (κ1) is 23.5. The quantitative estimate of drug-likeness (QED) is 0.227. The van der Waals surface area contributed by atoms with Crippen molar-refractivity contribution in [3.05, 3.63) is 24.4 Å². The van der Waals surface area contributed by atoms with E-state index in [0.29, 0.717) is 0 Å². The highest BCUT2D eigenvalue weighted by atomic mass is 127. The minimum absolute atomic E-state index is 0. The lowest BCUT2D eigenvalue weighted by atomic mass is 10.2. The molecular formula is C19H33IN6O. The molecule has 0 saturated carbocycles. The molecule has 1 aromatic rings. The number of pyridine rings is 1. The number of unbranched alkanes of at least 4 members (excludes halogenated alkanes) is 1. The van der Waals surface area contributed by atoms with Gasteiger partial charge in [0, 0.05) is 51.4 Å². The van der Waals surface area contributed by atoms with E-state index in [4.69, 9.17) is 0 Å². The average Bonchev–Trinajstić information content (AvgIpc) is 3.12. The van der Waals surface area contributed by atoms with Crippen molar-refractivity contribution in [1.82, 2.24) is 20.5 Å². The maximum absolute atomic E-state index is 12.1. The molecule has 2 heterocycles. The molecule has 27 heavy (non-hydrogen) atoms. The second-order valence-corrected chi connectivity index (χ2v) is 6.92. The molecule has 0 radical (unpaired) electrons. The molecule has 1 saturated heterocycles. The SMILES string of the molecule is CN=C(NCCCCNc1ccccn1)NC1CCN(C(=O)C(C)C)C1.I. The molecule has 2 rings (SSSR count). The van der Waals surface area contributed by atoms with Gasteiger partial charge in [-0.2, -0.15) is 0 Å². The van der Waals surface area contributed by atoms with Crippen LogP contribution in [0.1, 0.15) is 33.1 Å². The Morgan fingerprint density at radius 3 is 2.78 bits per heavy atom. The van der Waals surface area contributed by atoms with Crippen LogP contribution in [-0.4, -0.2) is 61.0 Å². The molecule has 1 aliphatic heterocycles. The van der Waals surface area contributed by atoms with Crippen molar-refractivity contribution in [2.75, 3.05) is 38.5 Å². The van der Waals surface area contributed by atoms with E-state index in [-0.39, 0.29) is 41.8 Å². The van der Waals surface area contributed by atoms with Gasteiger partial charge in [0.2, 0.25) is 5.91 Å². The first-order valence-electron chi connectivity index (χ1n) is 9.51. The Bertz CT molecular complexity index is 581. The molecule has 0 spiro atoms. The fraction of sp³-hybridized carbons (Fsp3) is 0.632. The minimum atomic E-state index is 0. The van der Waals surface area contributed by atoms with E-state index in [1.54, 1.807) is 13.2 Å². The van der Waals surface area contributed by atoms with Crippen LogP contribution in [0.4, 0.5) is 5.82 Å². The summed E-state index contributed by atoms with van der Waals surface area (Å²) in [6.07, 6.45) is 4.86. The fourth-order valence-electron chi connectivity index (χ4n) is 2.97. The van der Waals surface area contributed by atoms with Crippen LogP contribution in [0.3, 0.4) is 0 Å². The van der Waals surface area contributed by atoms with E-state index >= 15 is 0 Å². The molecule has 1 amide bonds. The van der Waals surface area contributed by atoms with Crippen LogP contribution in [0.15, 0.2) is 29.4 Å². The van der Waals surface area contributed by atoms with Gasteiger partial charge in [-0.3, -0.25) is 9.79 Å². The van der Waals surface area contributed by atoms with Gasteiger partial charge in [0.05, 0.1) is 0 Å². The molecule has 1 atom stereocenters. The predicted octanol–water partition coefficient (Wildman–Crippen LogP) is 2.31. The molecule has 0 bridgehead atoms. The number of aliphatic imine (C=N–C) groups is 1. The highest BCUT2D eigenvalue weighted by molar-refractivity contribution is 14.0. The number of aromatic nitrogens is 1. The van der Waals surface area contributed by atoms with Gasteiger partial charge in [-0.05, 0) is 31.4 Å². The lowest BCUT2D eigenvalue weighted by Gasteiger charge is -2.20. The number of anilines is 1. The molecular weight excluding hydrogens is 455 g/mol. The van der Waals surface area contributed by atoms with Crippen molar-refractivity contribution in [1.29, 1.82) is 0 Å². The normalized spacial score (nSPS) is 16.8. The number of amides is 1. The number of nitrogens with one attached hydrogen (secondary N) is 3. The third-order valence-corrected chi connectivity index (χ3v) is 4.43. The summed E-state index contributed by atoms with van der Waals surface area (Å²) < 4.78 is 0. The lowest BCUT2D eigenvalue weighted by Crippen LogP contribution is -2.45. The van der Waals surface area contributed by atoms with Crippen LogP contribution < -0.4 is 16.0 Å². The van der Waals surface area contributed by atoms with Gasteiger partial charge in [-0.1, -0.05) is 19.9 Å². The molecule has 1 aliphatic rings. The van der Waals surface area contributed by atoms with Crippen LogP contribution >= 0.6 is 24.0 Å². The predicted molar refractivity (Wildman–Crippen MR) is 122 cm³/mol. The third-order valence-electron chi connectivity index (χ3n) is 4.43. The van der Waals surface area contributed by atoms with E-state index in [9.17, 15) is 4.79 Å². The molecule has 7 nitrogen and oxygen atoms in total. The first-order chi connectivity index (χ1) is 12.6. The highest BCUT2D eigenvalue weighted by Crippen LogP contribution is 2.12. The summed E-state index contributed by atoms with van der Waals surface area (Å²) in [6, 6.07) is 6.13. The number of halogens is 1. The number of hydrogen-bond donors (Lipinski definition) is 3. The van der Waals surface area contributed by atoms with Gasteiger partial charge < -0.3 is 20.9 Å². The van der Waals surface area contributed by atoms with Crippen molar-refractivity contribution in [3.8, 4) is 0 Å². The van der Waals surface area contributed by atoms with Crippen molar-refractivity contribution in [2.24, 2.45) is 10.9 Å². The molecule has 8 heteroatoms. The molecule has 1 aromatic heterocycles. The summed E-state index contributed by atoms with van der Waals surface area (Å²) in [6.45, 7) is 7.25. The van der Waals surface area contributed by atoms with Crippen LogP contribution in [0.2, 0.25) is 0 Å². The second kappa shape index (κ2) is 12.7. The third kappa shape index (κ3) is 8.32. The Morgan fingerprint density at radius 2 is 2.11 bits per heavy atom. The Labute approximate surface area is 179 Å². The van der Waals surface area contributed by atoms with Gasteiger partial charge in [0.15, 0.2) is 5.96 Å². The van der Waals surface area contributed by atoms with Gasteiger partial charge in [0.1, 0.15) is 5.82 Å². The Morgan fingerprint density at radius 1 is 1.33 bits per heavy atom. The van der Waals surface area contributed by atoms with E-state index in [2.05, 4.69) is 25.9 Å². The molecule has 1 fully saturated rings. The summed E-state index contributed by atoms with van der Waals surface area (Å²) in [4.78, 5) is 22.5. The Kier molecular flexibility index (Phi) is 11.1. The van der Waals surface area contributed by atoms with Crippen molar-refractivity contribution < 1.29 is 4.79 Å². The zero-order valence-corrected chi connectivity index (χ0v) is 18.9. The number of nitrogens with zero attached hydrogens (tertiary/aromatic N) is 3. The minimum Gasteiger partial charge on any atom is -0.370 e. The van der Waals surface area contributed by atoms with Gasteiger partial charge in [0.25, 0.3) is 0 Å². The van der Waals surface area contributed by atoms with Gasteiger partial charge in [-0.15, -0.1) is 24.0 Å². The number of carbonyl (C=O) groups is 1. The molecule has 3 N–H and O–H groups in total. The summed E-state index contributed by atoms with van der Waals surface area (Å²) in [5, 5.41) is 10.1. The number of rotatable bonds is 8. The molecule has 0 aromatic carbocycles. The smallest absolute Gasteiger partial charge is 0.225 e. The summed E-state index contributed by atoms with van der Waals surface area (Å²) >= 11 is 0. The highest BCUT2D eigenvalue weighted by Gasteiger charge is 2.27. The van der Waals surface area contributed by atoms with Crippen molar-refractivity contribution >= 4 is 41.7 Å². The summed E-state index contributed by atoms with van der Waals surface area (Å²) in [7, 11) is 1.78. The van der Waals surface area contributed by atoms with E-state index in [0.717, 1.165) is 57.2 Å². The first-order valence-corrected chi connectivity index (χ1v) is 9.51. The van der Waals surface area contributed by atoms with E-state index in [1.807, 2.05) is 36.9 Å². The van der Waals surface area contributed by atoms with Crippen LogP contribution in [-0.2, 0) is 4.79 Å². The number of carbonyl (C=O) groups excluding carboxylic acids is 1. The Balaban J connectivity index is 0.00000364. The number of guanidine groups is 1. The average molecular weight is 488 g/mol. The Hall–Kier alpha value is -1.58. The van der Waals surface area contributed by atoms with E-state index in [1.165, 1.54) is 0 Å². The van der Waals surface area contributed by atoms with E-state index < -0.39 is 0 Å². The monoisotopic (exact) mass is 488 g/mol. The van der Waals surface area contributed by atoms with Crippen LogP contribution in [0, 0.1) is 5.92 Å². The molecule has 0 aliphatic carbocycles. The summed E-state index contributed by atoms with van der Waals surface area (Å²) in [5.41, 5.74) is 0. The van der Waals surface area contributed by atoms with Gasteiger partial charge >= 0.3 is 0 Å². The summed E-state index contributed by atoms with van der Waals surface area (Å²) in [5.74, 6) is 2.02. The van der Waals surface area contributed by atoms with Crippen LogP contribution in [0.25, 0.3) is 0 Å². The number of hydrogen-bond acceptors (Lipinski definition) is 4. The standard InChI is InChI=1S/C19H32N6O.HI/c1-15(2)18(26)25-13-9-16(14-25)24-19(20-3)23-12-7-6-11-22-17-8-4-5-10-21-17;/h4-5,8,10,15-16H,6-7,9,11-14H2,1-3H3,(H,21,22)(H2,20,23,24);1H. The maximum Gasteiger partial charge on any atom is 0.225 e. The zero-order chi connectivity index (χ0) is 18.8. The molecule has 1 unspecified atom stereocenters. The number of likely N-dealkylation sites (tertiary alicyclic amines) is 1. The maximum atomic E-state index is 12.1. The van der Waals surface area contributed by atoms with Crippen molar-refractivity contribution in [3.63, 3.8) is 0 Å².